The summed E-state index contributed by atoms with van der Waals surface area (Å²) in [6.45, 7) is 2.60. The topological polar surface area (TPSA) is 26.3 Å². The molecule has 1 heterocycles. The van der Waals surface area contributed by atoms with Gasteiger partial charge in [-0.25, -0.2) is 0 Å². The molecule has 0 saturated carbocycles. The Labute approximate surface area is 124 Å². The monoisotopic (exact) mass is 336 g/mol. The molecule has 2 nitrogen and oxygen atoms in total. The highest BCUT2D eigenvalue weighted by atomic mass is 79.9. The lowest BCUT2D eigenvalue weighted by molar-refractivity contribution is 0.105. The third-order valence-electron chi connectivity index (χ3n) is 2.43. The molecule has 1 aromatic heterocycles. The maximum absolute atomic E-state index is 11.9. The van der Waals surface area contributed by atoms with E-state index < -0.39 is 0 Å². The molecule has 0 N–H and O–H groups in total. The largest absolute Gasteiger partial charge is 0.494 e. The van der Waals surface area contributed by atoms with Crippen LogP contribution in [0.25, 0.3) is 6.08 Å². The van der Waals surface area contributed by atoms with Gasteiger partial charge < -0.3 is 4.74 Å². The van der Waals surface area contributed by atoms with E-state index in [4.69, 9.17) is 4.74 Å². The molecule has 0 radical (unpaired) electrons. The van der Waals surface area contributed by atoms with Crippen LogP contribution in [0.15, 0.2) is 46.3 Å². The Balaban J connectivity index is 2.03. The number of carbonyl (C=O) groups is 1. The van der Waals surface area contributed by atoms with Gasteiger partial charge in [-0.3, -0.25) is 4.79 Å². The summed E-state index contributed by atoms with van der Waals surface area (Å²) >= 11 is 4.78. The minimum Gasteiger partial charge on any atom is -0.494 e. The fourth-order valence-electron chi connectivity index (χ4n) is 1.54. The van der Waals surface area contributed by atoms with Gasteiger partial charge in [0.15, 0.2) is 5.78 Å². The number of benzene rings is 1. The quantitative estimate of drug-likeness (QED) is 0.578. The molecule has 4 heteroatoms. The fourth-order valence-corrected chi connectivity index (χ4v) is 2.85. The summed E-state index contributed by atoms with van der Waals surface area (Å²) < 4.78 is 6.33. The van der Waals surface area contributed by atoms with Crippen LogP contribution in [0.4, 0.5) is 0 Å². The van der Waals surface area contributed by atoms with E-state index in [1.54, 1.807) is 6.08 Å². The normalized spacial score (nSPS) is 10.8. The van der Waals surface area contributed by atoms with Gasteiger partial charge in [0.1, 0.15) is 5.75 Å². The summed E-state index contributed by atoms with van der Waals surface area (Å²) in [4.78, 5) is 12.6. The first kappa shape index (κ1) is 14.0. The van der Waals surface area contributed by atoms with Crippen molar-refractivity contribution < 1.29 is 9.53 Å². The molecule has 0 unspecified atom stereocenters. The number of ether oxygens (including phenoxy) is 1. The molecule has 0 bridgehead atoms. The van der Waals surface area contributed by atoms with Crippen LogP contribution in [0.2, 0.25) is 0 Å². The van der Waals surface area contributed by atoms with Crippen molar-refractivity contribution in [2.75, 3.05) is 6.61 Å². The molecule has 2 aromatic rings. The average molecular weight is 337 g/mol. The van der Waals surface area contributed by atoms with E-state index in [1.165, 1.54) is 11.3 Å². The molecular formula is C15H13BrO2S. The Morgan fingerprint density at radius 3 is 2.58 bits per heavy atom. The molecular weight excluding hydrogens is 324 g/mol. The van der Waals surface area contributed by atoms with E-state index in [0.29, 0.717) is 6.61 Å². The van der Waals surface area contributed by atoms with Crippen LogP contribution in [0.1, 0.15) is 22.2 Å². The van der Waals surface area contributed by atoms with Gasteiger partial charge in [0.25, 0.3) is 0 Å². The summed E-state index contributed by atoms with van der Waals surface area (Å²) in [5.74, 6) is 0.859. The number of thiophene rings is 1. The predicted molar refractivity (Wildman–Crippen MR) is 83.0 cm³/mol. The van der Waals surface area contributed by atoms with Gasteiger partial charge in [-0.1, -0.05) is 18.2 Å². The minimum atomic E-state index is 0.0181. The van der Waals surface area contributed by atoms with Crippen LogP contribution in [0.3, 0.4) is 0 Å². The van der Waals surface area contributed by atoms with Gasteiger partial charge in [-0.2, -0.15) is 0 Å². The van der Waals surface area contributed by atoms with Crippen molar-refractivity contribution in [3.63, 3.8) is 0 Å². The zero-order valence-corrected chi connectivity index (χ0v) is 12.8. The predicted octanol–water partition coefficient (Wildman–Crippen LogP) is 4.81. The van der Waals surface area contributed by atoms with Crippen LogP contribution in [-0.2, 0) is 0 Å². The average Bonchev–Trinajstić information content (AvgIpc) is 2.85. The molecule has 0 aliphatic rings. The second kappa shape index (κ2) is 6.68. The molecule has 2 rings (SSSR count). The van der Waals surface area contributed by atoms with Crippen molar-refractivity contribution in [2.24, 2.45) is 0 Å². The lowest BCUT2D eigenvalue weighted by atomic mass is 10.2. The summed E-state index contributed by atoms with van der Waals surface area (Å²) in [5, 5.41) is 0. The highest BCUT2D eigenvalue weighted by Gasteiger charge is 2.04. The Morgan fingerprint density at radius 2 is 2.00 bits per heavy atom. The fraction of sp³-hybridized carbons (Fsp3) is 0.133. The third kappa shape index (κ3) is 4.04. The maximum Gasteiger partial charge on any atom is 0.195 e. The number of carbonyl (C=O) groups excluding carboxylic acids is 1. The van der Waals surface area contributed by atoms with Crippen molar-refractivity contribution in [2.45, 2.75) is 6.92 Å². The number of hydrogen-bond acceptors (Lipinski definition) is 3. The molecule has 0 spiro atoms. The second-order valence-electron chi connectivity index (χ2n) is 3.80. The van der Waals surface area contributed by atoms with Crippen LogP contribution in [0, 0.1) is 0 Å². The van der Waals surface area contributed by atoms with Crippen LogP contribution in [-0.4, -0.2) is 12.4 Å². The van der Waals surface area contributed by atoms with Gasteiger partial charge in [-0.05, 0) is 58.8 Å². The van der Waals surface area contributed by atoms with Gasteiger partial charge in [0.2, 0.25) is 0 Å². The van der Waals surface area contributed by atoms with Crippen molar-refractivity contribution >= 4 is 39.1 Å². The first-order chi connectivity index (χ1) is 9.19. The molecule has 19 heavy (non-hydrogen) atoms. The summed E-state index contributed by atoms with van der Waals surface area (Å²) in [7, 11) is 0. The minimum absolute atomic E-state index is 0.0181. The highest BCUT2D eigenvalue weighted by molar-refractivity contribution is 9.11. The van der Waals surface area contributed by atoms with E-state index in [-0.39, 0.29) is 5.78 Å². The SMILES string of the molecule is CCOc1ccc(/C=C/C(=O)c2ccc(Br)s2)cc1. The van der Waals surface area contributed by atoms with Crippen molar-refractivity contribution in [3.05, 3.63) is 56.7 Å². The lowest BCUT2D eigenvalue weighted by Crippen LogP contribution is -1.91. The van der Waals surface area contributed by atoms with E-state index in [9.17, 15) is 4.79 Å². The number of halogens is 1. The van der Waals surface area contributed by atoms with Gasteiger partial charge in [-0.15, -0.1) is 11.3 Å². The Bertz CT molecular complexity index is 584. The van der Waals surface area contributed by atoms with Gasteiger partial charge in [0.05, 0.1) is 15.3 Å². The summed E-state index contributed by atoms with van der Waals surface area (Å²) in [5.41, 5.74) is 0.979. The lowest BCUT2D eigenvalue weighted by Gasteiger charge is -2.02. The van der Waals surface area contributed by atoms with E-state index >= 15 is 0 Å². The Hall–Kier alpha value is -1.39. The van der Waals surface area contributed by atoms with Crippen molar-refractivity contribution in [1.82, 2.24) is 0 Å². The van der Waals surface area contributed by atoms with E-state index in [0.717, 1.165) is 20.0 Å². The number of ketones is 1. The van der Waals surface area contributed by atoms with Crippen LogP contribution >= 0.6 is 27.3 Å². The van der Waals surface area contributed by atoms with Crippen molar-refractivity contribution in [1.29, 1.82) is 0 Å². The number of hydrogen-bond donors (Lipinski definition) is 0. The van der Waals surface area contributed by atoms with Crippen LogP contribution in [0.5, 0.6) is 5.75 Å². The standard InChI is InChI=1S/C15H13BrO2S/c1-2-18-12-6-3-11(4-7-12)5-8-13(17)14-9-10-15(16)19-14/h3-10H,2H2,1H3/b8-5+. The molecule has 0 aliphatic carbocycles. The van der Waals surface area contributed by atoms with Gasteiger partial charge >= 0.3 is 0 Å². The maximum atomic E-state index is 11.9. The number of allylic oxidation sites excluding steroid dienone is 1. The second-order valence-corrected chi connectivity index (χ2v) is 6.27. The molecule has 98 valence electrons. The third-order valence-corrected chi connectivity index (χ3v) is 4.07. The molecule has 1 aromatic carbocycles. The van der Waals surface area contributed by atoms with E-state index in [2.05, 4.69) is 15.9 Å². The smallest absolute Gasteiger partial charge is 0.195 e. The first-order valence-electron chi connectivity index (χ1n) is 5.89. The molecule has 0 atom stereocenters. The first-order valence-corrected chi connectivity index (χ1v) is 7.50. The Kier molecular flexibility index (Phi) is 4.93. The summed E-state index contributed by atoms with van der Waals surface area (Å²) in [6, 6.07) is 11.4. The van der Waals surface area contributed by atoms with E-state index in [1.807, 2.05) is 49.4 Å². The van der Waals surface area contributed by atoms with Gasteiger partial charge in [0, 0.05) is 0 Å². The highest BCUT2D eigenvalue weighted by Crippen LogP contribution is 2.23. The zero-order chi connectivity index (χ0) is 13.7. The molecule has 0 amide bonds. The molecule has 0 aliphatic heterocycles. The number of rotatable bonds is 5. The molecule has 0 fully saturated rings. The van der Waals surface area contributed by atoms with Crippen LogP contribution < -0.4 is 4.74 Å². The summed E-state index contributed by atoms with van der Waals surface area (Å²) in [6.07, 6.45) is 3.40. The molecule has 0 saturated heterocycles. The van der Waals surface area contributed by atoms with Crippen molar-refractivity contribution in [3.8, 4) is 5.75 Å². The zero-order valence-electron chi connectivity index (χ0n) is 10.4. The Morgan fingerprint density at radius 1 is 1.26 bits per heavy atom.